The Labute approximate surface area is 277 Å². The fourth-order valence-electron chi connectivity index (χ4n) is 1.50. The summed E-state index contributed by atoms with van der Waals surface area (Å²) in [6, 6.07) is 5.43. The van der Waals surface area contributed by atoms with Gasteiger partial charge in [0, 0.05) is 23.3 Å². The van der Waals surface area contributed by atoms with Crippen molar-refractivity contribution in [2.24, 2.45) is 0 Å². The Kier molecular flexibility index (Phi) is 23.6. The maximum absolute atomic E-state index is 10.1. The Balaban J connectivity index is -0.000000503. The van der Waals surface area contributed by atoms with Gasteiger partial charge in [-0.2, -0.15) is 0 Å². The van der Waals surface area contributed by atoms with Gasteiger partial charge in [0.15, 0.2) is 0 Å². The van der Waals surface area contributed by atoms with Crippen LogP contribution in [0.5, 0.6) is 11.5 Å². The van der Waals surface area contributed by atoms with E-state index in [4.69, 9.17) is 89.3 Å². The molecule has 0 saturated carbocycles. The van der Waals surface area contributed by atoms with E-state index >= 15 is 0 Å². The number of carbonyl (C=O) groups excluding carboxylic acids is 2. The van der Waals surface area contributed by atoms with E-state index in [0.29, 0.717) is 0 Å². The molecule has 0 bridgehead atoms. The molecule has 0 radical (unpaired) electrons. The standard InChI is InChI=1S/2C8H5Cl3O3.2C4H6O2.Zn/c2*9-4-1-6(11)7(2-5(4)10)14-3-8(12)13;2*1-3(2)4(5)6;/h2*1-2H,3H2,(H,12,13);2*1H2,2H3,(H,5,6);/q;;;;+2/p-2. The molecule has 41 heavy (non-hydrogen) atoms. The van der Waals surface area contributed by atoms with Crippen LogP contribution in [0.15, 0.2) is 48.6 Å². The summed E-state index contributed by atoms with van der Waals surface area (Å²) in [5.41, 5.74) is 0.352. The third kappa shape index (κ3) is 21.2. The van der Waals surface area contributed by atoms with Crippen LogP contribution in [-0.2, 0) is 38.7 Å². The third-order valence-electron chi connectivity index (χ3n) is 3.37. The summed E-state index contributed by atoms with van der Waals surface area (Å²) in [6.07, 6.45) is 0. The SMILES string of the molecule is C=C(C)C(=O)O.C=C(C)C(=O)O.O=C([O-])COc1cc(Cl)c(Cl)cc1Cl.O=C([O-])COc1cc(Cl)c(Cl)cc1Cl.[Zn+2]. The molecule has 0 aromatic heterocycles. The summed E-state index contributed by atoms with van der Waals surface area (Å²) < 4.78 is 9.59. The van der Waals surface area contributed by atoms with Gasteiger partial charge in [0.2, 0.25) is 0 Å². The molecule has 2 rings (SSSR count). The van der Waals surface area contributed by atoms with Crippen molar-refractivity contribution in [3.05, 3.63) is 78.7 Å². The number of hydrogen-bond donors (Lipinski definition) is 2. The van der Waals surface area contributed by atoms with Crippen molar-refractivity contribution in [1.82, 2.24) is 0 Å². The van der Waals surface area contributed by atoms with Gasteiger partial charge in [-0.3, -0.25) is 0 Å². The first kappa shape index (κ1) is 43.2. The van der Waals surface area contributed by atoms with E-state index in [9.17, 15) is 29.4 Å². The van der Waals surface area contributed by atoms with Crippen molar-refractivity contribution >= 4 is 93.5 Å². The van der Waals surface area contributed by atoms with Gasteiger partial charge in [-0.1, -0.05) is 82.8 Å². The van der Waals surface area contributed by atoms with Crippen molar-refractivity contribution in [3.8, 4) is 11.5 Å². The van der Waals surface area contributed by atoms with Crippen molar-refractivity contribution in [2.75, 3.05) is 13.2 Å². The first-order valence-electron chi connectivity index (χ1n) is 10.0. The topological polar surface area (TPSA) is 173 Å². The number of halogens is 6. The van der Waals surface area contributed by atoms with Gasteiger partial charge in [0.1, 0.15) is 24.7 Å². The fraction of sp³-hybridized carbons (Fsp3) is 0.167. The Morgan fingerprint density at radius 3 is 1.05 bits per heavy atom. The van der Waals surface area contributed by atoms with Gasteiger partial charge < -0.3 is 39.5 Å². The summed E-state index contributed by atoms with van der Waals surface area (Å²) in [5.74, 6) is -4.24. The van der Waals surface area contributed by atoms with E-state index in [2.05, 4.69) is 13.2 Å². The third-order valence-corrected chi connectivity index (χ3v) is 5.41. The molecule has 0 unspecified atom stereocenters. The van der Waals surface area contributed by atoms with Crippen molar-refractivity contribution in [2.45, 2.75) is 13.8 Å². The molecule has 0 saturated heterocycles. The first-order valence-corrected chi connectivity index (χ1v) is 12.3. The number of ether oxygens (including phenoxy) is 2. The fourth-order valence-corrected chi connectivity index (χ4v) is 2.69. The molecule has 2 aromatic rings. The molecule has 2 aromatic carbocycles. The molecule has 2 N–H and O–H groups in total. The first-order chi connectivity index (χ1) is 18.3. The summed E-state index contributed by atoms with van der Waals surface area (Å²) >= 11 is 34.0. The van der Waals surface area contributed by atoms with Gasteiger partial charge in [0.25, 0.3) is 0 Å². The van der Waals surface area contributed by atoms with Crippen molar-refractivity contribution < 1.29 is 68.6 Å². The number of carbonyl (C=O) groups is 4. The predicted molar refractivity (Wildman–Crippen MR) is 149 cm³/mol. The quantitative estimate of drug-likeness (QED) is 0.216. The van der Waals surface area contributed by atoms with Crippen LogP contribution in [0.3, 0.4) is 0 Å². The molecule has 0 atom stereocenters. The number of carboxylic acids is 4. The molecule has 0 aliphatic carbocycles. The Hall–Kier alpha value is -2.24. The number of aliphatic carboxylic acids is 4. The van der Waals surface area contributed by atoms with E-state index in [1.165, 1.54) is 38.1 Å². The van der Waals surface area contributed by atoms with E-state index in [1.54, 1.807) is 0 Å². The predicted octanol–water partition coefficient (Wildman–Crippen LogP) is 4.84. The number of benzene rings is 2. The van der Waals surface area contributed by atoms with Gasteiger partial charge in [-0.05, 0) is 26.0 Å². The Morgan fingerprint density at radius 1 is 0.634 bits per heavy atom. The minimum absolute atomic E-state index is 0. The van der Waals surface area contributed by atoms with Gasteiger partial charge >= 0.3 is 31.4 Å². The van der Waals surface area contributed by atoms with Crippen LogP contribution >= 0.6 is 69.6 Å². The molecule has 0 amide bonds. The Bertz CT molecular complexity index is 1130. The normalized spacial score (nSPS) is 8.98. The second-order valence-electron chi connectivity index (χ2n) is 6.89. The zero-order valence-corrected chi connectivity index (χ0v) is 28.8. The zero-order chi connectivity index (χ0) is 31.7. The minimum atomic E-state index is -1.34. The number of hydrogen-bond acceptors (Lipinski definition) is 8. The average molecular weight is 747 g/mol. The Morgan fingerprint density at radius 2 is 0.854 bits per heavy atom. The van der Waals surface area contributed by atoms with Gasteiger partial charge in [0.05, 0.1) is 42.1 Å². The maximum Gasteiger partial charge on any atom is 2.00 e. The van der Waals surface area contributed by atoms with E-state index < -0.39 is 37.1 Å². The second kappa shape index (κ2) is 22.4. The van der Waals surface area contributed by atoms with Crippen LogP contribution in [-0.4, -0.2) is 47.3 Å². The van der Waals surface area contributed by atoms with Crippen LogP contribution in [0.25, 0.3) is 0 Å². The molecule has 10 nitrogen and oxygen atoms in total. The van der Waals surface area contributed by atoms with Crippen molar-refractivity contribution in [3.63, 3.8) is 0 Å². The summed E-state index contributed by atoms with van der Waals surface area (Å²) in [7, 11) is 0. The van der Waals surface area contributed by atoms with Gasteiger partial charge in [-0.15, -0.1) is 0 Å². The van der Waals surface area contributed by atoms with E-state index in [0.717, 1.165) is 0 Å². The monoisotopic (exact) mass is 742 g/mol. The molecule has 0 aliphatic rings. The molecule has 17 heteroatoms. The zero-order valence-electron chi connectivity index (χ0n) is 21.3. The maximum atomic E-state index is 10.1. The van der Waals surface area contributed by atoms with Crippen molar-refractivity contribution in [1.29, 1.82) is 0 Å². The summed E-state index contributed by atoms with van der Waals surface area (Å²) in [4.78, 5) is 39.4. The number of rotatable bonds is 8. The molecule has 0 aliphatic heterocycles. The molecule has 0 spiro atoms. The van der Waals surface area contributed by atoms with Crippen LogP contribution < -0.4 is 19.7 Å². The molecule has 0 heterocycles. The van der Waals surface area contributed by atoms with E-state index in [-0.39, 0.29) is 72.3 Å². The smallest absolute Gasteiger partial charge is 0.546 e. The van der Waals surface area contributed by atoms with Gasteiger partial charge in [-0.25, -0.2) is 9.59 Å². The van der Waals surface area contributed by atoms with Crippen LogP contribution in [0.1, 0.15) is 13.8 Å². The second-order valence-corrected chi connectivity index (χ2v) is 9.33. The summed E-state index contributed by atoms with van der Waals surface area (Å²) in [6.45, 7) is 8.03. The molecular weight excluding hydrogens is 726 g/mol. The summed E-state index contributed by atoms with van der Waals surface area (Å²) in [5, 5.41) is 37.4. The van der Waals surface area contributed by atoms with E-state index in [1.807, 2.05) is 0 Å². The van der Waals surface area contributed by atoms with Crippen LogP contribution in [0.4, 0.5) is 0 Å². The minimum Gasteiger partial charge on any atom is -0.546 e. The number of carboxylic acid groups (broad SMARTS) is 4. The molecule has 220 valence electrons. The van der Waals surface area contributed by atoms with Crippen LogP contribution in [0, 0.1) is 0 Å². The molecular formula is C24H20Cl6O10Zn. The molecule has 0 fully saturated rings. The largest absolute Gasteiger partial charge is 2.00 e. The van der Waals surface area contributed by atoms with Crippen LogP contribution in [0.2, 0.25) is 30.1 Å². The average Bonchev–Trinajstić information content (AvgIpc) is 2.83.